The highest BCUT2D eigenvalue weighted by atomic mass is 32.2. The number of aromatic nitrogens is 3. The van der Waals surface area contributed by atoms with Crippen LogP contribution in [-0.2, 0) is 6.18 Å². The number of hydrogen-bond acceptors (Lipinski definition) is 4. The quantitative estimate of drug-likeness (QED) is 0.380. The van der Waals surface area contributed by atoms with Gasteiger partial charge in [0.05, 0.1) is 17.0 Å². The molecule has 0 radical (unpaired) electrons. The number of thioether (sulfide) groups is 1. The van der Waals surface area contributed by atoms with E-state index in [0.29, 0.717) is 34.1 Å². The van der Waals surface area contributed by atoms with E-state index in [4.69, 9.17) is 0 Å². The Bertz CT molecular complexity index is 1060. The Morgan fingerprint density at radius 1 is 1.09 bits per heavy atom. The average molecular weight is 461 g/mol. The molecule has 2 N–H and O–H groups in total. The fraction of sp³-hybridized carbons (Fsp3) is 0.417. The van der Waals surface area contributed by atoms with Crippen molar-refractivity contribution in [2.24, 2.45) is 5.92 Å². The molecule has 2 heterocycles. The van der Waals surface area contributed by atoms with Crippen LogP contribution in [0.5, 0.6) is 0 Å². The number of alkyl halides is 3. The molecule has 2 aromatic heterocycles. The summed E-state index contributed by atoms with van der Waals surface area (Å²) in [6.07, 6.45) is 5.51. The predicted octanol–water partition coefficient (Wildman–Crippen LogP) is 7.26. The minimum atomic E-state index is -4.40. The topological polar surface area (TPSA) is 53.6 Å². The zero-order valence-corrected chi connectivity index (χ0v) is 19.0. The average Bonchev–Trinajstić information content (AvgIpc) is 3.24. The molecule has 0 saturated heterocycles. The summed E-state index contributed by atoms with van der Waals surface area (Å²) in [5, 5.41) is 4.18. The molecular weight excluding hydrogens is 433 g/mol. The van der Waals surface area contributed by atoms with Crippen LogP contribution in [0, 0.1) is 5.92 Å². The van der Waals surface area contributed by atoms with E-state index < -0.39 is 11.7 Å². The fourth-order valence-corrected chi connectivity index (χ4v) is 4.75. The maximum atomic E-state index is 13.3. The lowest BCUT2D eigenvalue weighted by Gasteiger charge is -2.28. The van der Waals surface area contributed by atoms with Crippen LogP contribution >= 0.6 is 11.8 Å². The Kier molecular flexibility index (Phi) is 6.79. The van der Waals surface area contributed by atoms with Gasteiger partial charge in [0.15, 0.2) is 5.16 Å². The van der Waals surface area contributed by atoms with Gasteiger partial charge in [0.2, 0.25) is 0 Å². The first-order valence-corrected chi connectivity index (χ1v) is 12.1. The number of imidazole rings is 1. The van der Waals surface area contributed by atoms with Crippen molar-refractivity contribution in [1.29, 1.82) is 0 Å². The normalized spacial score (nSPS) is 16.2. The van der Waals surface area contributed by atoms with Gasteiger partial charge in [-0.15, -0.1) is 0 Å². The first-order chi connectivity index (χ1) is 15.3. The molecule has 0 spiro atoms. The van der Waals surface area contributed by atoms with Crippen LogP contribution in [-0.4, -0.2) is 27.2 Å². The monoisotopic (exact) mass is 460 g/mol. The number of benzene rings is 1. The van der Waals surface area contributed by atoms with Crippen LogP contribution in [0.1, 0.15) is 44.6 Å². The van der Waals surface area contributed by atoms with Crippen molar-refractivity contribution >= 4 is 17.6 Å². The van der Waals surface area contributed by atoms with Crippen LogP contribution < -0.4 is 5.32 Å². The van der Waals surface area contributed by atoms with Crippen molar-refractivity contribution in [2.45, 2.75) is 56.4 Å². The Hall–Kier alpha value is -2.48. The summed E-state index contributed by atoms with van der Waals surface area (Å²) in [6, 6.07) is 9.40. The summed E-state index contributed by atoms with van der Waals surface area (Å²) in [7, 11) is 0. The zero-order valence-electron chi connectivity index (χ0n) is 18.2. The Balaban J connectivity index is 1.66. The van der Waals surface area contributed by atoms with Crippen LogP contribution in [0.2, 0.25) is 0 Å². The number of rotatable bonds is 6. The van der Waals surface area contributed by atoms with E-state index in [1.54, 1.807) is 12.3 Å². The van der Waals surface area contributed by atoms with E-state index >= 15 is 0 Å². The second-order valence-corrected chi connectivity index (χ2v) is 9.10. The number of nitrogens with one attached hydrogen (secondary N) is 2. The molecule has 1 fully saturated rings. The second-order valence-electron chi connectivity index (χ2n) is 8.31. The van der Waals surface area contributed by atoms with Gasteiger partial charge in [-0.1, -0.05) is 43.2 Å². The minimum absolute atomic E-state index is 0.310. The van der Waals surface area contributed by atoms with Crippen molar-refractivity contribution < 1.29 is 13.2 Å². The molecular formula is C24H27F3N4S. The Morgan fingerprint density at radius 3 is 2.59 bits per heavy atom. The largest absolute Gasteiger partial charge is 0.416 e. The van der Waals surface area contributed by atoms with E-state index in [0.717, 1.165) is 23.5 Å². The van der Waals surface area contributed by atoms with E-state index in [2.05, 4.69) is 27.2 Å². The van der Waals surface area contributed by atoms with Crippen molar-refractivity contribution in [3.05, 3.63) is 48.2 Å². The minimum Gasteiger partial charge on any atom is -0.367 e. The number of aromatic amines is 1. The molecule has 3 aromatic rings. The van der Waals surface area contributed by atoms with Gasteiger partial charge in [0, 0.05) is 23.4 Å². The number of H-pyrrole nitrogens is 1. The third-order valence-electron chi connectivity index (χ3n) is 6.12. The standard InChI is InChI=1S/C24H27F3N4S/c1-15(16-7-4-3-5-8-16)29-20-14-18(11-12-28-20)22-21(30-23(31-22)32-2)17-9-6-10-19(13-17)24(25,26)27/h6,9-16H,3-5,7-8H2,1-2H3,(H,28,29)(H,30,31)/t15-/m1/s1. The van der Waals surface area contributed by atoms with Crippen molar-refractivity contribution in [3.63, 3.8) is 0 Å². The van der Waals surface area contributed by atoms with Crippen molar-refractivity contribution in [2.75, 3.05) is 11.6 Å². The summed E-state index contributed by atoms with van der Waals surface area (Å²) in [4.78, 5) is 12.3. The van der Waals surface area contributed by atoms with E-state index in [9.17, 15) is 13.2 Å². The number of halogens is 3. The van der Waals surface area contributed by atoms with Crippen LogP contribution in [0.4, 0.5) is 19.0 Å². The molecule has 0 aliphatic heterocycles. The molecule has 0 amide bonds. The van der Waals surface area contributed by atoms with E-state index in [1.807, 2.05) is 18.4 Å². The molecule has 1 atom stereocenters. The second kappa shape index (κ2) is 9.57. The lowest BCUT2D eigenvalue weighted by molar-refractivity contribution is -0.137. The smallest absolute Gasteiger partial charge is 0.367 e. The summed E-state index contributed by atoms with van der Waals surface area (Å²) >= 11 is 1.42. The molecule has 32 heavy (non-hydrogen) atoms. The molecule has 0 unspecified atom stereocenters. The Morgan fingerprint density at radius 2 is 1.88 bits per heavy atom. The predicted molar refractivity (Wildman–Crippen MR) is 124 cm³/mol. The number of hydrogen-bond donors (Lipinski definition) is 2. The maximum Gasteiger partial charge on any atom is 0.416 e. The maximum absolute atomic E-state index is 13.3. The number of anilines is 1. The van der Waals surface area contributed by atoms with Crippen molar-refractivity contribution in [1.82, 2.24) is 15.0 Å². The van der Waals surface area contributed by atoms with E-state index in [-0.39, 0.29) is 0 Å². The van der Waals surface area contributed by atoms with Gasteiger partial charge in [0.25, 0.3) is 0 Å². The Labute approximate surface area is 190 Å². The van der Waals surface area contributed by atoms with Gasteiger partial charge in [0.1, 0.15) is 5.82 Å². The molecule has 0 bridgehead atoms. The number of pyridine rings is 1. The molecule has 1 aromatic carbocycles. The SMILES string of the molecule is CSc1nc(-c2cccc(C(F)(F)F)c2)c(-c2ccnc(N[C@H](C)C3CCCCC3)c2)[nH]1. The molecule has 4 rings (SSSR count). The van der Waals surface area contributed by atoms with Gasteiger partial charge in [-0.05, 0) is 56.2 Å². The number of nitrogens with zero attached hydrogens (tertiary/aromatic N) is 2. The van der Waals surface area contributed by atoms with Crippen LogP contribution in [0.3, 0.4) is 0 Å². The molecule has 170 valence electrons. The lowest BCUT2D eigenvalue weighted by Crippen LogP contribution is -2.28. The van der Waals surface area contributed by atoms with Gasteiger partial charge in [-0.25, -0.2) is 9.97 Å². The van der Waals surface area contributed by atoms with Gasteiger partial charge in [-0.2, -0.15) is 13.2 Å². The van der Waals surface area contributed by atoms with Gasteiger partial charge >= 0.3 is 6.18 Å². The summed E-state index contributed by atoms with van der Waals surface area (Å²) < 4.78 is 39.8. The third kappa shape index (κ3) is 5.11. The highest BCUT2D eigenvalue weighted by Gasteiger charge is 2.31. The fourth-order valence-electron chi connectivity index (χ4n) is 4.36. The van der Waals surface area contributed by atoms with Crippen LogP contribution in [0.15, 0.2) is 47.8 Å². The molecule has 8 heteroatoms. The summed E-state index contributed by atoms with van der Waals surface area (Å²) in [5.41, 5.74) is 1.75. The van der Waals surface area contributed by atoms with Crippen molar-refractivity contribution in [3.8, 4) is 22.5 Å². The van der Waals surface area contributed by atoms with Crippen LogP contribution in [0.25, 0.3) is 22.5 Å². The summed E-state index contributed by atoms with van der Waals surface area (Å²) in [5.74, 6) is 1.39. The summed E-state index contributed by atoms with van der Waals surface area (Å²) in [6.45, 7) is 2.19. The lowest BCUT2D eigenvalue weighted by atomic mass is 9.84. The highest BCUT2D eigenvalue weighted by molar-refractivity contribution is 7.98. The molecule has 1 aliphatic rings. The first-order valence-electron chi connectivity index (χ1n) is 10.9. The first kappa shape index (κ1) is 22.7. The van der Waals surface area contributed by atoms with Gasteiger partial charge < -0.3 is 10.3 Å². The third-order valence-corrected chi connectivity index (χ3v) is 6.70. The molecule has 4 nitrogen and oxygen atoms in total. The van der Waals surface area contributed by atoms with E-state index in [1.165, 1.54) is 49.9 Å². The van der Waals surface area contributed by atoms with Gasteiger partial charge in [-0.3, -0.25) is 0 Å². The molecule has 1 aliphatic carbocycles. The highest BCUT2D eigenvalue weighted by Crippen LogP contribution is 2.37. The zero-order chi connectivity index (χ0) is 22.7. The molecule has 1 saturated carbocycles.